The Kier molecular flexibility index (Phi) is 5.50. The molecule has 0 aromatic carbocycles. The smallest absolute Gasteiger partial charge is 0.407 e. The Bertz CT molecular complexity index is 312. The molecular weight excluding hydrogens is 250 g/mol. The zero-order valence-electron chi connectivity index (χ0n) is 11.6. The molecule has 0 heterocycles. The summed E-state index contributed by atoms with van der Waals surface area (Å²) in [4.78, 5) is 22.9. The van der Waals surface area contributed by atoms with E-state index in [1.54, 1.807) is 6.92 Å². The van der Waals surface area contributed by atoms with E-state index in [2.05, 4.69) is 5.32 Å². The topological polar surface area (TPSA) is 55.4 Å². The fourth-order valence-electron chi connectivity index (χ4n) is 2.08. The van der Waals surface area contributed by atoms with E-state index >= 15 is 0 Å². The molecule has 0 aliphatic heterocycles. The summed E-state index contributed by atoms with van der Waals surface area (Å²) >= 11 is 1.33. The van der Waals surface area contributed by atoms with Gasteiger partial charge in [-0.05, 0) is 33.6 Å². The van der Waals surface area contributed by atoms with Crippen LogP contribution in [0.25, 0.3) is 0 Å². The Hall–Kier alpha value is -0.710. The van der Waals surface area contributed by atoms with Crippen LogP contribution in [0.3, 0.4) is 0 Å². The van der Waals surface area contributed by atoms with Crippen LogP contribution < -0.4 is 5.32 Å². The number of ether oxygens (including phenoxy) is 1. The first-order valence-electron chi connectivity index (χ1n) is 6.44. The van der Waals surface area contributed by atoms with Gasteiger partial charge in [-0.25, -0.2) is 4.79 Å². The molecule has 1 aliphatic rings. The van der Waals surface area contributed by atoms with Crippen molar-refractivity contribution in [2.24, 2.45) is 0 Å². The van der Waals surface area contributed by atoms with E-state index in [1.807, 2.05) is 20.8 Å². The highest BCUT2D eigenvalue weighted by molar-refractivity contribution is 8.14. The summed E-state index contributed by atoms with van der Waals surface area (Å²) in [7, 11) is 0. The zero-order valence-corrected chi connectivity index (χ0v) is 12.4. The molecule has 0 bridgehead atoms. The van der Waals surface area contributed by atoms with Gasteiger partial charge in [0.2, 0.25) is 0 Å². The second-order valence-corrected chi connectivity index (χ2v) is 7.10. The fraction of sp³-hybridized carbons (Fsp3) is 0.846. The number of carbonyl (C=O) groups excluding carboxylic acids is 2. The van der Waals surface area contributed by atoms with E-state index in [4.69, 9.17) is 4.74 Å². The van der Waals surface area contributed by atoms with E-state index in [0.29, 0.717) is 0 Å². The van der Waals surface area contributed by atoms with Crippen LogP contribution in [0.15, 0.2) is 0 Å². The molecular formula is C13H23NO3S. The van der Waals surface area contributed by atoms with E-state index in [9.17, 15) is 9.59 Å². The molecule has 0 radical (unpaired) electrons. The standard InChI is InChI=1S/C13H23NO3S/c1-9(15)18-11-8-6-5-7-10(11)14-12(16)17-13(2,3)4/h10-11H,5-8H2,1-4H3,(H,14,16). The van der Waals surface area contributed by atoms with Crippen molar-refractivity contribution in [3.63, 3.8) is 0 Å². The molecule has 1 fully saturated rings. The third-order valence-electron chi connectivity index (χ3n) is 2.72. The van der Waals surface area contributed by atoms with Crippen LogP contribution in [-0.2, 0) is 9.53 Å². The Labute approximate surface area is 113 Å². The summed E-state index contributed by atoms with van der Waals surface area (Å²) in [6.45, 7) is 7.10. The highest BCUT2D eigenvalue weighted by Crippen LogP contribution is 2.29. The lowest BCUT2D eigenvalue weighted by Crippen LogP contribution is -2.46. The van der Waals surface area contributed by atoms with Crippen LogP contribution in [0.4, 0.5) is 4.79 Å². The summed E-state index contributed by atoms with van der Waals surface area (Å²) in [5, 5.41) is 3.19. The van der Waals surface area contributed by atoms with Crippen molar-refractivity contribution in [2.75, 3.05) is 0 Å². The average Bonchev–Trinajstić information content (AvgIpc) is 2.17. The number of alkyl carbamates (subject to hydrolysis) is 1. The van der Waals surface area contributed by atoms with Gasteiger partial charge in [0.25, 0.3) is 0 Å². The maximum atomic E-state index is 11.7. The van der Waals surface area contributed by atoms with E-state index < -0.39 is 5.60 Å². The number of carbonyl (C=O) groups is 2. The van der Waals surface area contributed by atoms with E-state index in [0.717, 1.165) is 25.7 Å². The van der Waals surface area contributed by atoms with Gasteiger partial charge in [-0.3, -0.25) is 4.79 Å². The fourth-order valence-corrected chi connectivity index (χ4v) is 3.15. The van der Waals surface area contributed by atoms with Gasteiger partial charge in [0.05, 0.1) is 0 Å². The average molecular weight is 273 g/mol. The van der Waals surface area contributed by atoms with Crippen LogP contribution in [0.1, 0.15) is 53.4 Å². The molecule has 104 valence electrons. The Morgan fingerprint density at radius 1 is 1.22 bits per heavy atom. The quantitative estimate of drug-likeness (QED) is 0.840. The molecule has 0 saturated heterocycles. The van der Waals surface area contributed by atoms with Crippen molar-refractivity contribution in [3.8, 4) is 0 Å². The lowest BCUT2D eigenvalue weighted by atomic mass is 9.95. The normalized spacial score (nSPS) is 24.4. The molecule has 1 N–H and O–H groups in total. The largest absolute Gasteiger partial charge is 0.444 e. The molecule has 4 nitrogen and oxygen atoms in total. The maximum Gasteiger partial charge on any atom is 0.407 e. The van der Waals surface area contributed by atoms with Gasteiger partial charge >= 0.3 is 6.09 Å². The zero-order chi connectivity index (χ0) is 13.8. The van der Waals surface area contributed by atoms with Gasteiger partial charge in [-0.2, -0.15) is 0 Å². The first-order chi connectivity index (χ1) is 8.28. The second-order valence-electron chi connectivity index (χ2n) is 5.69. The number of hydrogen-bond donors (Lipinski definition) is 1. The predicted molar refractivity (Wildman–Crippen MR) is 73.7 cm³/mol. The van der Waals surface area contributed by atoms with E-state index in [-0.39, 0.29) is 22.5 Å². The number of amides is 1. The predicted octanol–water partition coefficient (Wildman–Crippen LogP) is 3.10. The minimum atomic E-state index is -0.484. The highest BCUT2D eigenvalue weighted by atomic mass is 32.2. The van der Waals surface area contributed by atoms with Crippen LogP contribution in [0.2, 0.25) is 0 Å². The lowest BCUT2D eigenvalue weighted by Gasteiger charge is -2.31. The van der Waals surface area contributed by atoms with Gasteiger partial charge in [0.1, 0.15) is 5.60 Å². The molecule has 2 atom stereocenters. The Morgan fingerprint density at radius 3 is 2.39 bits per heavy atom. The van der Waals surface area contributed by atoms with Gasteiger partial charge in [-0.1, -0.05) is 24.6 Å². The van der Waals surface area contributed by atoms with Crippen molar-refractivity contribution in [1.82, 2.24) is 5.32 Å². The third-order valence-corrected chi connectivity index (χ3v) is 3.92. The van der Waals surface area contributed by atoms with E-state index in [1.165, 1.54) is 11.8 Å². The van der Waals surface area contributed by atoms with Crippen molar-refractivity contribution in [3.05, 3.63) is 0 Å². The molecule has 5 heteroatoms. The lowest BCUT2D eigenvalue weighted by molar-refractivity contribution is -0.109. The van der Waals surface area contributed by atoms with Crippen LogP contribution in [0, 0.1) is 0 Å². The summed E-state index contributed by atoms with van der Waals surface area (Å²) in [5.74, 6) is 0. The number of rotatable bonds is 2. The van der Waals surface area contributed by atoms with Crippen LogP contribution in [-0.4, -0.2) is 28.1 Å². The van der Waals surface area contributed by atoms with Gasteiger partial charge < -0.3 is 10.1 Å². The van der Waals surface area contributed by atoms with Crippen LogP contribution in [0.5, 0.6) is 0 Å². The Balaban J connectivity index is 2.51. The van der Waals surface area contributed by atoms with Gasteiger partial charge in [0, 0.05) is 18.2 Å². The molecule has 18 heavy (non-hydrogen) atoms. The third kappa shape index (κ3) is 5.76. The molecule has 1 saturated carbocycles. The molecule has 1 rings (SSSR count). The maximum absolute atomic E-state index is 11.7. The molecule has 0 spiro atoms. The molecule has 1 aliphatic carbocycles. The van der Waals surface area contributed by atoms with Gasteiger partial charge in [-0.15, -0.1) is 0 Å². The summed E-state index contributed by atoms with van der Waals surface area (Å²) in [6, 6.07) is 0.0440. The number of nitrogens with one attached hydrogen (secondary N) is 1. The van der Waals surface area contributed by atoms with Gasteiger partial charge in [0.15, 0.2) is 5.12 Å². The Morgan fingerprint density at radius 2 is 1.83 bits per heavy atom. The van der Waals surface area contributed by atoms with Crippen molar-refractivity contribution in [1.29, 1.82) is 0 Å². The summed E-state index contributed by atoms with van der Waals surface area (Å²) in [5.41, 5.74) is -0.484. The molecule has 0 aromatic rings. The van der Waals surface area contributed by atoms with Crippen molar-refractivity contribution in [2.45, 2.75) is 70.3 Å². The first kappa shape index (κ1) is 15.3. The SMILES string of the molecule is CC(=O)SC1CCCCC1NC(=O)OC(C)(C)C. The van der Waals surface area contributed by atoms with Crippen molar-refractivity contribution < 1.29 is 14.3 Å². The molecule has 1 amide bonds. The van der Waals surface area contributed by atoms with Crippen molar-refractivity contribution >= 4 is 23.0 Å². The number of hydrogen-bond acceptors (Lipinski definition) is 4. The summed E-state index contributed by atoms with van der Waals surface area (Å²) < 4.78 is 5.25. The first-order valence-corrected chi connectivity index (χ1v) is 7.32. The highest BCUT2D eigenvalue weighted by Gasteiger charge is 2.29. The minimum Gasteiger partial charge on any atom is -0.444 e. The molecule has 2 unspecified atom stereocenters. The minimum absolute atomic E-state index is 0.0440. The monoisotopic (exact) mass is 273 g/mol. The number of thioether (sulfide) groups is 1. The molecule has 0 aromatic heterocycles. The van der Waals surface area contributed by atoms with Crippen LogP contribution >= 0.6 is 11.8 Å². The second kappa shape index (κ2) is 6.45. The summed E-state index contributed by atoms with van der Waals surface area (Å²) in [6.07, 6.45) is 3.73.